The van der Waals surface area contributed by atoms with Crippen LogP contribution in [0.5, 0.6) is 11.5 Å². The minimum atomic E-state index is 0.186. The first-order valence-corrected chi connectivity index (χ1v) is 8.40. The maximum Gasteiger partial charge on any atom is 0.142 e. The van der Waals surface area contributed by atoms with Crippen LogP contribution in [0.25, 0.3) is 0 Å². The third kappa shape index (κ3) is 5.85. The summed E-state index contributed by atoms with van der Waals surface area (Å²) < 4.78 is 11.6. The fourth-order valence-electron chi connectivity index (χ4n) is 2.26. The Bertz CT molecular complexity index is 596. The van der Waals surface area contributed by atoms with E-state index < -0.39 is 0 Å². The van der Waals surface area contributed by atoms with Gasteiger partial charge in [0.15, 0.2) is 0 Å². The van der Waals surface area contributed by atoms with Crippen molar-refractivity contribution in [3.63, 3.8) is 0 Å². The second kappa shape index (κ2) is 9.09. The van der Waals surface area contributed by atoms with Gasteiger partial charge in [-0.1, -0.05) is 37.6 Å². The van der Waals surface area contributed by atoms with Gasteiger partial charge in [0.1, 0.15) is 11.5 Å². The lowest BCUT2D eigenvalue weighted by Crippen LogP contribution is -2.07. The number of ether oxygens (including phenoxy) is 2. The van der Waals surface area contributed by atoms with Crippen molar-refractivity contribution in [3.05, 3.63) is 54.1 Å². The van der Waals surface area contributed by atoms with Gasteiger partial charge in [-0.3, -0.25) is 0 Å². The van der Waals surface area contributed by atoms with E-state index in [1.807, 2.05) is 44.2 Å². The van der Waals surface area contributed by atoms with Crippen molar-refractivity contribution in [1.29, 1.82) is 0 Å². The molecule has 3 nitrogen and oxygen atoms in total. The van der Waals surface area contributed by atoms with Gasteiger partial charge in [0, 0.05) is 6.54 Å². The van der Waals surface area contributed by atoms with Gasteiger partial charge in [-0.15, -0.1) is 0 Å². The average Bonchev–Trinajstić information content (AvgIpc) is 2.54. The monoisotopic (exact) mass is 313 g/mol. The van der Waals surface area contributed by atoms with Gasteiger partial charge in [0.2, 0.25) is 0 Å². The molecule has 0 atom stereocenters. The van der Waals surface area contributed by atoms with Gasteiger partial charge in [-0.05, 0) is 50.1 Å². The third-order valence-corrected chi connectivity index (χ3v) is 3.40. The first-order chi connectivity index (χ1) is 11.2. The van der Waals surface area contributed by atoms with Crippen LogP contribution in [0.2, 0.25) is 0 Å². The van der Waals surface area contributed by atoms with Crippen LogP contribution in [-0.2, 0) is 6.54 Å². The van der Waals surface area contributed by atoms with Crippen LogP contribution in [-0.4, -0.2) is 12.7 Å². The second-order valence-electron chi connectivity index (χ2n) is 5.87. The molecule has 0 amide bonds. The zero-order valence-corrected chi connectivity index (χ0v) is 14.3. The summed E-state index contributed by atoms with van der Waals surface area (Å²) in [5, 5.41) is 3.46. The molecular formula is C20H27NO2. The van der Waals surface area contributed by atoms with E-state index in [-0.39, 0.29) is 6.10 Å². The summed E-state index contributed by atoms with van der Waals surface area (Å²) in [4.78, 5) is 0. The zero-order chi connectivity index (χ0) is 16.5. The van der Waals surface area contributed by atoms with E-state index >= 15 is 0 Å². The van der Waals surface area contributed by atoms with Crippen LogP contribution in [0.3, 0.4) is 0 Å². The summed E-state index contributed by atoms with van der Waals surface area (Å²) in [5.74, 6) is 1.82. The van der Waals surface area contributed by atoms with Gasteiger partial charge in [-0.25, -0.2) is 0 Å². The molecule has 2 aromatic rings. The van der Waals surface area contributed by atoms with Crippen molar-refractivity contribution in [2.45, 2.75) is 46.3 Å². The van der Waals surface area contributed by atoms with Crippen molar-refractivity contribution in [3.8, 4) is 11.5 Å². The Balaban J connectivity index is 1.98. The topological polar surface area (TPSA) is 30.5 Å². The van der Waals surface area contributed by atoms with E-state index in [0.717, 1.165) is 43.2 Å². The lowest BCUT2D eigenvalue weighted by molar-refractivity contribution is 0.242. The van der Waals surface area contributed by atoms with Crippen LogP contribution in [0, 0.1) is 0 Å². The molecule has 0 aromatic heterocycles. The van der Waals surface area contributed by atoms with Crippen LogP contribution < -0.4 is 14.8 Å². The highest BCUT2D eigenvalue weighted by Gasteiger charge is 2.04. The predicted molar refractivity (Wildman–Crippen MR) is 96.4 cm³/mol. The minimum Gasteiger partial charge on any atom is -0.491 e. The number of unbranched alkanes of at least 4 members (excludes halogenated alkanes) is 1. The number of anilines is 1. The van der Waals surface area contributed by atoms with Gasteiger partial charge < -0.3 is 14.8 Å². The Morgan fingerprint density at radius 1 is 1.04 bits per heavy atom. The standard InChI is InChI=1S/C20H27NO2/c1-4-5-13-22-20-12-7-6-11-19(20)21-15-17-9-8-10-18(14-17)23-16(2)3/h6-12,14,16,21H,4-5,13,15H2,1-3H3. The maximum absolute atomic E-state index is 5.86. The van der Waals surface area contributed by atoms with Crippen LogP contribution in [0.4, 0.5) is 5.69 Å². The van der Waals surface area contributed by atoms with Crippen molar-refractivity contribution >= 4 is 5.69 Å². The van der Waals surface area contributed by atoms with Gasteiger partial charge in [0.25, 0.3) is 0 Å². The Hall–Kier alpha value is -2.16. The van der Waals surface area contributed by atoms with Gasteiger partial charge in [0.05, 0.1) is 18.4 Å². The number of nitrogens with one attached hydrogen (secondary N) is 1. The molecule has 0 saturated heterocycles. The second-order valence-corrected chi connectivity index (χ2v) is 5.87. The number of benzene rings is 2. The summed E-state index contributed by atoms with van der Waals surface area (Å²) in [5.41, 5.74) is 2.21. The molecule has 0 bridgehead atoms. The fraction of sp³-hybridized carbons (Fsp3) is 0.400. The average molecular weight is 313 g/mol. The first kappa shape index (κ1) is 17.2. The largest absolute Gasteiger partial charge is 0.491 e. The Morgan fingerprint density at radius 2 is 1.87 bits per heavy atom. The number of rotatable bonds is 9. The quantitative estimate of drug-likeness (QED) is 0.640. The van der Waals surface area contributed by atoms with E-state index in [1.165, 1.54) is 5.56 Å². The molecule has 124 valence electrons. The van der Waals surface area contributed by atoms with Crippen LogP contribution >= 0.6 is 0 Å². The highest BCUT2D eigenvalue weighted by molar-refractivity contribution is 5.56. The molecule has 0 fully saturated rings. The van der Waals surface area contributed by atoms with E-state index in [9.17, 15) is 0 Å². The maximum atomic E-state index is 5.86. The Morgan fingerprint density at radius 3 is 2.65 bits per heavy atom. The zero-order valence-electron chi connectivity index (χ0n) is 14.3. The van der Waals surface area contributed by atoms with Crippen LogP contribution in [0.15, 0.2) is 48.5 Å². The fourth-order valence-corrected chi connectivity index (χ4v) is 2.26. The molecule has 0 unspecified atom stereocenters. The third-order valence-electron chi connectivity index (χ3n) is 3.40. The Kier molecular flexibility index (Phi) is 6.79. The summed E-state index contributed by atoms with van der Waals surface area (Å²) in [6.07, 6.45) is 2.40. The molecular weight excluding hydrogens is 286 g/mol. The molecule has 23 heavy (non-hydrogen) atoms. The molecule has 0 aliphatic heterocycles. The lowest BCUT2D eigenvalue weighted by Gasteiger charge is -2.14. The number of hydrogen-bond acceptors (Lipinski definition) is 3. The summed E-state index contributed by atoms with van der Waals surface area (Å²) >= 11 is 0. The Labute approximate surface area is 139 Å². The van der Waals surface area contributed by atoms with Crippen molar-refractivity contribution in [2.24, 2.45) is 0 Å². The summed E-state index contributed by atoms with van der Waals surface area (Å²) in [6.45, 7) is 7.74. The first-order valence-electron chi connectivity index (χ1n) is 8.40. The summed E-state index contributed by atoms with van der Waals surface area (Å²) in [7, 11) is 0. The smallest absolute Gasteiger partial charge is 0.142 e. The lowest BCUT2D eigenvalue weighted by atomic mass is 10.2. The molecule has 0 heterocycles. The predicted octanol–water partition coefficient (Wildman–Crippen LogP) is 5.26. The number of hydrogen-bond donors (Lipinski definition) is 1. The molecule has 3 heteroatoms. The van der Waals surface area contributed by atoms with Crippen molar-refractivity contribution in [2.75, 3.05) is 11.9 Å². The van der Waals surface area contributed by atoms with Crippen molar-refractivity contribution < 1.29 is 9.47 Å². The van der Waals surface area contributed by atoms with Gasteiger partial charge in [-0.2, -0.15) is 0 Å². The molecule has 2 aromatic carbocycles. The molecule has 0 aliphatic rings. The molecule has 0 radical (unpaired) electrons. The number of para-hydroxylation sites is 2. The van der Waals surface area contributed by atoms with Crippen LogP contribution in [0.1, 0.15) is 39.2 Å². The molecule has 2 rings (SSSR count). The minimum absolute atomic E-state index is 0.186. The molecule has 0 spiro atoms. The van der Waals surface area contributed by atoms with E-state index in [1.54, 1.807) is 0 Å². The highest BCUT2D eigenvalue weighted by atomic mass is 16.5. The summed E-state index contributed by atoms with van der Waals surface area (Å²) in [6, 6.07) is 16.3. The van der Waals surface area contributed by atoms with E-state index in [2.05, 4.69) is 30.4 Å². The highest BCUT2D eigenvalue weighted by Crippen LogP contribution is 2.25. The van der Waals surface area contributed by atoms with E-state index in [0.29, 0.717) is 0 Å². The molecule has 1 N–H and O–H groups in total. The molecule has 0 aliphatic carbocycles. The normalized spacial score (nSPS) is 10.6. The SMILES string of the molecule is CCCCOc1ccccc1NCc1cccc(OC(C)C)c1. The molecule has 0 saturated carbocycles. The van der Waals surface area contributed by atoms with Crippen molar-refractivity contribution in [1.82, 2.24) is 0 Å². The van der Waals surface area contributed by atoms with E-state index in [4.69, 9.17) is 9.47 Å². The van der Waals surface area contributed by atoms with Gasteiger partial charge >= 0.3 is 0 Å².